The second-order valence-corrected chi connectivity index (χ2v) is 9.32. The molecule has 0 atom stereocenters. The van der Waals surface area contributed by atoms with E-state index >= 15 is 0 Å². The van der Waals surface area contributed by atoms with Crippen LogP contribution in [0.4, 0.5) is 0 Å². The Kier molecular flexibility index (Phi) is 8.63. The number of carbonyl (C=O) groups is 2. The van der Waals surface area contributed by atoms with Crippen molar-refractivity contribution in [3.8, 4) is 5.75 Å². The van der Waals surface area contributed by atoms with Crippen LogP contribution in [0.15, 0.2) is 17.0 Å². The zero-order chi connectivity index (χ0) is 22.3. The van der Waals surface area contributed by atoms with E-state index in [1.54, 1.807) is 30.9 Å². The molecule has 1 aliphatic heterocycles. The van der Waals surface area contributed by atoms with Crippen molar-refractivity contribution in [3.05, 3.63) is 23.3 Å². The van der Waals surface area contributed by atoms with E-state index in [4.69, 9.17) is 14.6 Å². The number of benzene rings is 1. The number of nitrogens with one attached hydrogen (secondary N) is 1. The monoisotopic (exact) mass is 442 g/mol. The van der Waals surface area contributed by atoms with Crippen LogP contribution in [0.2, 0.25) is 0 Å². The standard InChI is InChI=1S/C20H30N2O7S/c1-14-10-17(28-3)11-15(2)19(14)30(26,27)13-21-6-9-29-12-18(23)22-7-4-16(5-8-22)20(24)25/h10-11,16,21H,4-9,12-13H2,1-3H3,(H,24,25). The zero-order valence-electron chi connectivity index (χ0n) is 17.6. The van der Waals surface area contributed by atoms with Gasteiger partial charge in [-0.2, -0.15) is 0 Å². The molecule has 0 aromatic heterocycles. The topological polar surface area (TPSA) is 122 Å². The summed E-state index contributed by atoms with van der Waals surface area (Å²) < 4.78 is 35.8. The molecule has 1 aromatic rings. The molecule has 2 rings (SSSR count). The molecule has 0 unspecified atom stereocenters. The number of carbonyl (C=O) groups excluding carboxylic acids is 1. The van der Waals surface area contributed by atoms with E-state index in [2.05, 4.69) is 5.32 Å². The summed E-state index contributed by atoms with van der Waals surface area (Å²) in [5.41, 5.74) is 1.25. The van der Waals surface area contributed by atoms with E-state index in [1.165, 1.54) is 7.11 Å². The number of hydrogen-bond donors (Lipinski definition) is 2. The Morgan fingerprint density at radius 3 is 2.33 bits per heavy atom. The Balaban J connectivity index is 1.71. The summed E-state index contributed by atoms with van der Waals surface area (Å²) in [4.78, 5) is 24.9. The quantitative estimate of drug-likeness (QED) is 0.514. The van der Waals surface area contributed by atoms with Crippen LogP contribution in [0.25, 0.3) is 0 Å². The molecule has 0 saturated carbocycles. The minimum Gasteiger partial charge on any atom is -0.497 e. The Morgan fingerprint density at radius 2 is 1.80 bits per heavy atom. The molecule has 30 heavy (non-hydrogen) atoms. The predicted molar refractivity (Wildman–Crippen MR) is 110 cm³/mol. The molecule has 1 heterocycles. The highest BCUT2D eigenvalue weighted by Crippen LogP contribution is 2.26. The molecule has 1 saturated heterocycles. The molecule has 0 radical (unpaired) electrons. The van der Waals surface area contributed by atoms with Crippen molar-refractivity contribution in [3.63, 3.8) is 0 Å². The lowest BCUT2D eigenvalue weighted by atomic mass is 9.97. The lowest BCUT2D eigenvalue weighted by Crippen LogP contribution is -2.42. The fourth-order valence-electron chi connectivity index (χ4n) is 3.57. The Hall–Kier alpha value is -2.17. The number of likely N-dealkylation sites (tertiary alicyclic amines) is 1. The highest BCUT2D eigenvalue weighted by molar-refractivity contribution is 7.91. The lowest BCUT2D eigenvalue weighted by Gasteiger charge is -2.30. The highest BCUT2D eigenvalue weighted by Gasteiger charge is 2.26. The van der Waals surface area contributed by atoms with Crippen LogP contribution >= 0.6 is 0 Å². The summed E-state index contributed by atoms with van der Waals surface area (Å²) in [6, 6.07) is 3.38. The van der Waals surface area contributed by atoms with E-state index < -0.39 is 15.8 Å². The largest absolute Gasteiger partial charge is 0.497 e. The number of rotatable bonds is 10. The van der Waals surface area contributed by atoms with Crippen molar-refractivity contribution in [2.45, 2.75) is 31.6 Å². The number of amides is 1. The molecule has 0 aliphatic carbocycles. The van der Waals surface area contributed by atoms with Crippen LogP contribution in [0.1, 0.15) is 24.0 Å². The summed E-state index contributed by atoms with van der Waals surface area (Å²) in [5, 5.41) is 11.8. The molecule has 2 N–H and O–H groups in total. The third-order valence-corrected chi connectivity index (χ3v) is 6.97. The summed E-state index contributed by atoms with van der Waals surface area (Å²) >= 11 is 0. The van der Waals surface area contributed by atoms with Gasteiger partial charge in [0.15, 0.2) is 9.84 Å². The van der Waals surface area contributed by atoms with Crippen LogP contribution in [-0.2, 0) is 24.2 Å². The number of carboxylic acid groups (broad SMARTS) is 1. The Bertz CT molecular complexity index is 839. The number of methoxy groups -OCH3 is 1. The van der Waals surface area contributed by atoms with Gasteiger partial charge in [0.2, 0.25) is 5.91 Å². The third kappa shape index (κ3) is 6.41. The van der Waals surface area contributed by atoms with Gasteiger partial charge in [0.05, 0.1) is 24.5 Å². The number of sulfone groups is 1. The molecular weight excluding hydrogens is 412 g/mol. The maximum atomic E-state index is 12.6. The number of carboxylic acids is 1. The molecule has 1 amide bonds. The first-order valence-corrected chi connectivity index (χ1v) is 11.5. The molecule has 0 bridgehead atoms. The number of aliphatic carboxylic acids is 1. The second-order valence-electron chi connectivity index (χ2n) is 7.40. The van der Waals surface area contributed by atoms with Crippen LogP contribution in [0.5, 0.6) is 5.75 Å². The van der Waals surface area contributed by atoms with E-state index in [-0.39, 0.29) is 42.4 Å². The van der Waals surface area contributed by atoms with Crippen molar-refractivity contribution >= 4 is 21.7 Å². The van der Waals surface area contributed by atoms with Gasteiger partial charge in [0, 0.05) is 19.6 Å². The lowest BCUT2D eigenvalue weighted by molar-refractivity contribution is -0.146. The molecule has 1 aromatic carbocycles. The van der Waals surface area contributed by atoms with Crippen molar-refractivity contribution < 1.29 is 32.6 Å². The fraction of sp³-hybridized carbons (Fsp3) is 0.600. The number of ether oxygens (including phenoxy) is 2. The smallest absolute Gasteiger partial charge is 0.306 e. The van der Waals surface area contributed by atoms with E-state index in [1.807, 2.05) is 0 Å². The normalized spacial score (nSPS) is 15.2. The number of nitrogens with zero attached hydrogens (tertiary/aromatic N) is 1. The first-order valence-electron chi connectivity index (χ1n) is 9.82. The van der Waals surface area contributed by atoms with Gasteiger partial charge in [0.1, 0.15) is 18.2 Å². The van der Waals surface area contributed by atoms with Gasteiger partial charge in [-0.25, -0.2) is 8.42 Å². The van der Waals surface area contributed by atoms with E-state index in [0.717, 1.165) is 0 Å². The van der Waals surface area contributed by atoms with E-state index in [0.29, 0.717) is 42.8 Å². The minimum absolute atomic E-state index is 0.108. The Morgan fingerprint density at radius 1 is 1.20 bits per heavy atom. The number of hydrogen-bond acceptors (Lipinski definition) is 7. The van der Waals surface area contributed by atoms with Gasteiger partial charge in [-0.05, 0) is 49.9 Å². The van der Waals surface area contributed by atoms with Crippen LogP contribution in [0.3, 0.4) is 0 Å². The van der Waals surface area contributed by atoms with Gasteiger partial charge in [-0.1, -0.05) is 0 Å². The molecule has 168 valence electrons. The predicted octanol–water partition coefficient (Wildman–Crippen LogP) is 0.973. The van der Waals surface area contributed by atoms with Gasteiger partial charge in [-0.3, -0.25) is 9.59 Å². The van der Waals surface area contributed by atoms with Crippen molar-refractivity contribution in [2.24, 2.45) is 5.92 Å². The average molecular weight is 443 g/mol. The Labute approximate surface area is 177 Å². The third-order valence-electron chi connectivity index (χ3n) is 5.12. The van der Waals surface area contributed by atoms with Crippen LogP contribution in [-0.4, -0.2) is 76.1 Å². The molecule has 1 fully saturated rings. The summed E-state index contributed by atoms with van der Waals surface area (Å²) in [5.74, 6) is -1.02. The second kappa shape index (κ2) is 10.7. The van der Waals surface area contributed by atoms with Crippen LogP contribution < -0.4 is 10.1 Å². The average Bonchev–Trinajstić information content (AvgIpc) is 2.69. The first-order chi connectivity index (χ1) is 14.2. The molecule has 9 nitrogen and oxygen atoms in total. The number of aryl methyl sites for hydroxylation is 2. The molecule has 1 aliphatic rings. The first kappa shape index (κ1) is 24.1. The number of piperidine rings is 1. The minimum atomic E-state index is -3.52. The fourth-order valence-corrected chi connectivity index (χ4v) is 5.22. The highest BCUT2D eigenvalue weighted by atomic mass is 32.2. The summed E-state index contributed by atoms with van der Waals surface area (Å²) in [6.45, 7) is 4.65. The van der Waals surface area contributed by atoms with E-state index in [9.17, 15) is 18.0 Å². The van der Waals surface area contributed by atoms with Gasteiger partial charge >= 0.3 is 5.97 Å². The SMILES string of the molecule is COc1cc(C)c(S(=O)(=O)CNCCOCC(=O)N2CCC(C(=O)O)CC2)c(C)c1. The maximum absolute atomic E-state index is 12.6. The molecular formula is C20H30N2O7S. The maximum Gasteiger partial charge on any atom is 0.306 e. The molecule has 10 heteroatoms. The molecule has 0 spiro atoms. The summed E-state index contributed by atoms with van der Waals surface area (Å²) in [6.07, 6.45) is 0.898. The van der Waals surface area contributed by atoms with Crippen molar-refractivity contribution in [1.82, 2.24) is 10.2 Å². The van der Waals surface area contributed by atoms with Crippen LogP contribution in [0, 0.1) is 19.8 Å². The van der Waals surface area contributed by atoms with Crippen molar-refractivity contribution in [1.29, 1.82) is 0 Å². The zero-order valence-corrected chi connectivity index (χ0v) is 18.5. The van der Waals surface area contributed by atoms with Crippen molar-refractivity contribution in [2.75, 3.05) is 45.8 Å². The van der Waals surface area contributed by atoms with Gasteiger partial charge < -0.3 is 24.8 Å². The summed E-state index contributed by atoms with van der Waals surface area (Å²) in [7, 11) is -1.99. The van der Waals surface area contributed by atoms with Gasteiger partial charge in [0.25, 0.3) is 0 Å². The van der Waals surface area contributed by atoms with Gasteiger partial charge in [-0.15, -0.1) is 0 Å².